The number of hydrogen-bond acceptors (Lipinski definition) is 8. The molecule has 0 amide bonds. The fourth-order valence-corrected chi connectivity index (χ4v) is 2.50. The lowest BCUT2D eigenvalue weighted by Gasteiger charge is -2.19. The van der Waals surface area contributed by atoms with Crippen LogP contribution in [0.3, 0.4) is 0 Å². The highest BCUT2D eigenvalue weighted by atomic mass is 32.2. The van der Waals surface area contributed by atoms with Crippen LogP contribution >= 0.6 is 11.8 Å². The maximum atomic E-state index is 5.53. The molecule has 2 aromatic rings. The smallest absolute Gasteiger partial charge is 0.258 e. The van der Waals surface area contributed by atoms with Crippen LogP contribution in [0.4, 0.5) is 0 Å². The van der Waals surface area contributed by atoms with Crippen LogP contribution in [0.1, 0.15) is 18.9 Å². The summed E-state index contributed by atoms with van der Waals surface area (Å²) >= 11 is 1.59. The van der Waals surface area contributed by atoms with Crippen molar-refractivity contribution >= 4 is 11.8 Å². The molecule has 7 nitrogen and oxygen atoms in total. The Labute approximate surface area is 120 Å². The van der Waals surface area contributed by atoms with Crippen LogP contribution in [0.2, 0.25) is 0 Å². The molecule has 0 aliphatic carbocycles. The van der Waals surface area contributed by atoms with Gasteiger partial charge in [0.2, 0.25) is 5.82 Å². The normalized spacial score (nSPS) is 19.1. The molecule has 1 saturated heterocycles. The summed E-state index contributed by atoms with van der Waals surface area (Å²) in [7, 11) is 0. The Bertz CT molecular complexity index is 571. The number of thioether (sulfide) groups is 1. The Morgan fingerprint density at radius 3 is 3.00 bits per heavy atom. The Balaban J connectivity index is 1.86. The lowest BCUT2D eigenvalue weighted by atomic mass is 10.3. The number of aromatic nitrogens is 4. The van der Waals surface area contributed by atoms with Gasteiger partial charge in [-0.15, -0.1) is 11.8 Å². The first-order chi connectivity index (χ1) is 9.88. The number of nitrogens with zero attached hydrogens (tertiary/aromatic N) is 4. The van der Waals surface area contributed by atoms with Gasteiger partial charge in [-0.3, -0.25) is 0 Å². The molecular weight excluding hydrogens is 280 g/mol. The highest BCUT2D eigenvalue weighted by molar-refractivity contribution is 7.99. The third kappa shape index (κ3) is 2.82. The molecule has 1 unspecified atom stereocenters. The van der Waals surface area contributed by atoms with E-state index in [9.17, 15) is 0 Å². The standard InChI is InChI=1S/C12H14N4O3S/c1-2-20-12-9(13-3-4-14-12)10-15-11(19-16-10)8-7-17-5-6-18-8/h3-4,8H,2,5-7H2,1H3. The molecule has 0 spiro atoms. The molecule has 3 rings (SSSR count). The van der Waals surface area contributed by atoms with Gasteiger partial charge >= 0.3 is 0 Å². The van der Waals surface area contributed by atoms with Crippen LogP contribution in [0.15, 0.2) is 21.9 Å². The van der Waals surface area contributed by atoms with Gasteiger partial charge in [0.05, 0.1) is 19.8 Å². The van der Waals surface area contributed by atoms with Gasteiger partial charge in [-0.25, -0.2) is 9.97 Å². The maximum absolute atomic E-state index is 5.53. The number of rotatable bonds is 4. The zero-order valence-corrected chi connectivity index (χ0v) is 11.8. The quantitative estimate of drug-likeness (QED) is 0.788. The van der Waals surface area contributed by atoms with Crippen molar-refractivity contribution in [2.24, 2.45) is 0 Å². The second kappa shape index (κ2) is 6.29. The van der Waals surface area contributed by atoms with E-state index in [0.29, 0.717) is 37.2 Å². The van der Waals surface area contributed by atoms with Crippen molar-refractivity contribution in [1.82, 2.24) is 20.1 Å². The van der Waals surface area contributed by atoms with Gasteiger partial charge in [0.15, 0.2) is 6.10 Å². The molecule has 1 fully saturated rings. The number of hydrogen-bond donors (Lipinski definition) is 0. The summed E-state index contributed by atoms with van der Waals surface area (Å²) in [5.41, 5.74) is 0.631. The van der Waals surface area contributed by atoms with Gasteiger partial charge in [0.25, 0.3) is 5.89 Å². The molecule has 0 aromatic carbocycles. The molecule has 106 valence electrons. The molecule has 3 heterocycles. The van der Waals surface area contributed by atoms with Crippen molar-refractivity contribution < 1.29 is 14.0 Å². The Hall–Kier alpha value is -1.51. The first-order valence-corrected chi connectivity index (χ1v) is 7.34. The van der Waals surface area contributed by atoms with Crippen molar-refractivity contribution in [2.75, 3.05) is 25.6 Å². The van der Waals surface area contributed by atoms with E-state index in [0.717, 1.165) is 10.8 Å². The molecule has 1 aliphatic heterocycles. The minimum Gasteiger partial charge on any atom is -0.376 e. The second-order valence-corrected chi connectivity index (χ2v) is 5.29. The lowest BCUT2D eigenvalue weighted by Crippen LogP contribution is -2.22. The van der Waals surface area contributed by atoms with E-state index in [2.05, 4.69) is 27.0 Å². The fraction of sp³-hybridized carbons (Fsp3) is 0.500. The number of ether oxygens (including phenoxy) is 2. The first kappa shape index (κ1) is 13.5. The van der Waals surface area contributed by atoms with Gasteiger partial charge < -0.3 is 14.0 Å². The van der Waals surface area contributed by atoms with Crippen LogP contribution in [0.25, 0.3) is 11.5 Å². The predicted molar refractivity (Wildman–Crippen MR) is 71.2 cm³/mol. The SMILES string of the molecule is CCSc1nccnc1-c1noc(C2COCCO2)n1. The van der Waals surface area contributed by atoms with Gasteiger partial charge in [0, 0.05) is 12.4 Å². The van der Waals surface area contributed by atoms with Gasteiger partial charge in [0.1, 0.15) is 10.7 Å². The molecule has 0 radical (unpaired) electrons. The molecule has 1 atom stereocenters. The highest BCUT2D eigenvalue weighted by Gasteiger charge is 2.24. The summed E-state index contributed by atoms with van der Waals surface area (Å²) in [5.74, 6) is 1.74. The third-order valence-corrected chi connectivity index (χ3v) is 3.55. The summed E-state index contributed by atoms with van der Waals surface area (Å²) in [5, 5.41) is 4.76. The van der Waals surface area contributed by atoms with Crippen LogP contribution in [0.5, 0.6) is 0 Å². The molecular formula is C12H14N4O3S. The average Bonchev–Trinajstić information content (AvgIpc) is 2.99. The second-order valence-electron chi connectivity index (χ2n) is 4.03. The summed E-state index contributed by atoms with van der Waals surface area (Å²) in [6.45, 7) is 3.61. The largest absolute Gasteiger partial charge is 0.376 e. The molecule has 2 aromatic heterocycles. The van der Waals surface area contributed by atoms with Gasteiger partial charge in [-0.1, -0.05) is 12.1 Å². The minimum absolute atomic E-state index is 0.302. The van der Waals surface area contributed by atoms with E-state index in [1.54, 1.807) is 24.2 Å². The summed E-state index contributed by atoms with van der Waals surface area (Å²) in [4.78, 5) is 12.9. The van der Waals surface area contributed by atoms with Crippen LogP contribution < -0.4 is 0 Å². The van der Waals surface area contributed by atoms with E-state index < -0.39 is 0 Å². The van der Waals surface area contributed by atoms with E-state index in [4.69, 9.17) is 14.0 Å². The third-order valence-electron chi connectivity index (χ3n) is 2.69. The Morgan fingerprint density at radius 2 is 2.20 bits per heavy atom. The summed E-state index contributed by atoms with van der Waals surface area (Å²) in [6.07, 6.45) is 2.97. The topological polar surface area (TPSA) is 83.2 Å². The molecule has 0 bridgehead atoms. The van der Waals surface area contributed by atoms with E-state index in [1.165, 1.54) is 0 Å². The van der Waals surface area contributed by atoms with Crippen molar-refractivity contribution in [2.45, 2.75) is 18.1 Å². The fourth-order valence-electron chi connectivity index (χ4n) is 1.81. The summed E-state index contributed by atoms with van der Waals surface area (Å²) < 4.78 is 16.1. The zero-order valence-electron chi connectivity index (χ0n) is 11.0. The summed E-state index contributed by atoms with van der Waals surface area (Å²) in [6, 6.07) is 0. The van der Waals surface area contributed by atoms with Crippen molar-refractivity contribution in [3.63, 3.8) is 0 Å². The zero-order chi connectivity index (χ0) is 13.8. The Kier molecular flexibility index (Phi) is 4.24. The van der Waals surface area contributed by atoms with Gasteiger partial charge in [-0.2, -0.15) is 4.98 Å². The van der Waals surface area contributed by atoms with Gasteiger partial charge in [-0.05, 0) is 5.75 Å². The molecule has 1 aliphatic rings. The maximum Gasteiger partial charge on any atom is 0.258 e. The molecule has 8 heteroatoms. The monoisotopic (exact) mass is 294 g/mol. The van der Waals surface area contributed by atoms with Crippen LogP contribution in [0, 0.1) is 0 Å². The molecule has 20 heavy (non-hydrogen) atoms. The molecule has 0 saturated carbocycles. The van der Waals surface area contributed by atoms with Crippen molar-refractivity contribution in [3.8, 4) is 11.5 Å². The van der Waals surface area contributed by atoms with E-state index >= 15 is 0 Å². The Morgan fingerprint density at radius 1 is 1.30 bits per heavy atom. The van der Waals surface area contributed by atoms with Crippen molar-refractivity contribution in [1.29, 1.82) is 0 Å². The van der Waals surface area contributed by atoms with Crippen LogP contribution in [-0.2, 0) is 9.47 Å². The van der Waals surface area contributed by atoms with E-state index in [-0.39, 0.29) is 6.10 Å². The van der Waals surface area contributed by atoms with E-state index in [1.807, 2.05) is 0 Å². The highest BCUT2D eigenvalue weighted by Crippen LogP contribution is 2.27. The molecule has 0 N–H and O–H groups in total. The predicted octanol–water partition coefficient (Wildman–Crippen LogP) is 1.73. The average molecular weight is 294 g/mol. The first-order valence-electron chi connectivity index (χ1n) is 6.35. The van der Waals surface area contributed by atoms with Crippen LogP contribution in [-0.4, -0.2) is 45.7 Å². The lowest BCUT2D eigenvalue weighted by molar-refractivity contribution is -0.101. The van der Waals surface area contributed by atoms with Crippen molar-refractivity contribution in [3.05, 3.63) is 18.3 Å². The minimum atomic E-state index is -0.302.